The molecule has 0 atom stereocenters. The number of hydrogen-bond acceptors (Lipinski definition) is 3. The van der Waals surface area contributed by atoms with E-state index < -0.39 is 58.2 Å². The highest BCUT2D eigenvalue weighted by molar-refractivity contribution is 6.34. The van der Waals surface area contributed by atoms with Gasteiger partial charge in [-0.25, -0.2) is 18.1 Å². The van der Waals surface area contributed by atoms with E-state index in [-0.39, 0.29) is 28.8 Å². The summed E-state index contributed by atoms with van der Waals surface area (Å²) in [6.45, 7) is 1.29. The van der Waals surface area contributed by atoms with Crippen molar-refractivity contribution in [3.63, 3.8) is 0 Å². The number of imide groups is 1. The van der Waals surface area contributed by atoms with Crippen LogP contribution in [0.5, 0.6) is 11.5 Å². The quantitative estimate of drug-likeness (QED) is 0.361. The van der Waals surface area contributed by atoms with Gasteiger partial charge in [-0.05, 0) is 42.8 Å². The summed E-state index contributed by atoms with van der Waals surface area (Å²) in [6, 6.07) is 7.58. The minimum Gasteiger partial charge on any atom is -0.449 e. The van der Waals surface area contributed by atoms with E-state index >= 15 is 0 Å². The molecule has 0 radical (unpaired) electrons. The second kappa shape index (κ2) is 7.40. The lowest BCUT2D eigenvalue weighted by Gasteiger charge is -2.20. The van der Waals surface area contributed by atoms with Gasteiger partial charge in [-0.3, -0.25) is 9.59 Å². The zero-order chi connectivity index (χ0) is 23.4. The Labute approximate surface area is 176 Å². The molecule has 0 spiro atoms. The Kier molecular flexibility index (Phi) is 4.95. The predicted molar refractivity (Wildman–Crippen MR) is 100 cm³/mol. The highest BCUT2D eigenvalue weighted by Crippen LogP contribution is 2.41. The summed E-state index contributed by atoms with van der Waals surface area (Å²) in [5.74, 6) is -7.56. The van der Waals surface area contributed by atoms with Crippen molar-refractivity contribution in [3.05, 3.63) is 88.2 Å². The van der Waals surface area contributed by atoms with Crippen molar-refractivity contribution in [1.29, 1.82) is 0 Å². The Balaban J connectivity index is 1.82. The van der Waals surface area contributed by atoms with E-state index in [0.717, 1.165) is 12.1 Å². The molecule has 0 N–H and O–H groups in total. The lowest BCUT2D eigenvalue weighted by molar-refractivity contribution is -0.138. The van der Waals surface area contributed by atoms with Crippen LogP contribution in [0.4, 0.5) is 32.0 Å². The first-order chi connectivity index (χ1) is 15.0. The van der Waals surface area contributed by atoms with E-state index in [1.165, 1.54) is 31.2 Å². The number of nitrogens with zero attached hydrogens (tertiary/aromatic N) is 1. The molecule has 0 saturated carbocycles. The topological polar surface area (TPSA) is 46.6 Å². The number of alkyl halides is 3. The molecular formula is C22H11F6NO3. The number of amides is 2. The standard InChI is InChI=1S/C22H11F6NO3/c1-10-6-18(32-19-15(24)7-11(8-16(19)25)22(26,27)28)17(9-14(10)23)29-20(30)12-4-2-3-5-13(12)21(29)31/h2-9H,1H3. The smallest absolute Gasteiger partial charge is 0.416 e. The molecule has 0 aliphatic carbocycles. The summed E-state index contributed by atoms with van der Waals surface area (Å²) in [4.78, 5) is 26.1. The Morgan fingerprint density at radius 3 is 1.84 bits per heavy atom. The van der Waals surface area contributed by atoms with Crippen LogP contribution in [0.15, 0.2) is 48.5 Å². The molecular weight excluding hydrogens is 440 g/mol. The summed E-state index contributed by atoms with van der Waals surface area (Å²) in [6.07, 6.45) is -5.00. The number of aryl methyl sites for hydroxylation is 1. The predicted octanol–water partition coefficient (Wildman–Crippen LogP) is 6.02. The van der Waals surface area contributed by atoms with Crippen molar-refractivity contribution in [1.82, 2.24) is 0 Å². The summed E-state index contributed by atoms with van der Waals surface area (Å²) in [7, 11) is 0. The monoisotopic (exact) mass is 451 g/mol. The average molecular weight is 451 g/mol. The van der Waals surface area contributed by atoms with Gasteiger partial charge in [-0.1, -0.05) is 12.1 Å². The molecule has 3 aromatic rings. The van der Waals surface area contributed by atoms with Crippen molar-refractivity contribution in [3.8, 4) is 11.5 Å². The molecule has 0 unspecified atom stereocenters. The number of anilines is 1. The zero-order valence-electron chi connectivity index (χ0n) is 16.1. The van der Waals surface area contributed by atoms with Gasteiger partial charge in [0, 0.05) is 6.07 Å². The first kappa shape index (κ1) is 21.4. The van der Waals surface area contributed by atoms with Crippen molar-refractivity contribution < 1.29 is 40.7 Å². The molecule has 0 saturated heterocycles. The molecule has 4 nitrogen and oxygen atoms in total. The average Bonchev–Trinajstić information content (AvgIpc) is 2.97. The van der Waals surface area contributed by atoms with Gasteiger partial charge in [0.15, 0.2) is 23.1 Å². The van der Waals surface area contributed by atoms with Crippen LogP contribution in [0, 0.1) is 24.4 Å². The molecule has 0 aromatic heterocycles. The van der Waals surface area contributed by atoms with E-state index in [4.69, 9.17) is 4.74 Å². The van der Waals surface area contributed by atoms with Gasteiger partial charge in [0.1, 0.15) is 5.82 Å². The maximum Gasteiger partial charge on any atom is 0.416 e. The summed E-state index contributed by atoms with van der Waals surface area (Å²) >= 11 is 0. The fourth-order valence-corrected chi connectivity index (χ4v) is 3.24. The van der Waals surface area contributed by atoms with Crippen molar-refractivity contribution in [2.24, 2.45) is 0 Å². The minimum atomic E-state index is -5.00. The number of fused-ring (bicyclic) bond motifs is 1. The number of carbonyl (C=O) groups excluding carboxylic acids is 2. The molecule has 2 amide bonds. The third kappa shape index (κ3) is 3.47. The summed E-state index contributed by atoms with van der Waals surface area (Å²) in [5.41, 5.74) is -2.05. The third-order valence-corrected chi connectivity index (χ3v) is 4.81. The number of hydrogen-bond donors (Lipinski definition) is 0. The molecule has 1 aliphatic rings. The fraction of sp³-hybridized carbons (Fsp3) is 0.0909. The van der Waals surface area contributed by atoms with E-state index in [2.05, 4.69) is 0 Å². The normalized spacial score (nSPS) is 13.5. The Bertz CT molecular complexity index is 1230. The van der Waals surface area contributed by atoms with Crippen molar-refractivity contribution in [2.75, 3.05) is 4.90 Å². The number of carbonyl (C=O) groups is 2. The maximum atomic E-state index is 14.3. The van der Waals surface area contributed by atoms with Crippen LogP contribution in [-0.4, -0.2) is 11.8 Å². The Morgan fingerprint density at radius 1 is 0.812 bits per heavy atom. The SMILES string of the molecule is Cc1cc(Oc2c(F)cc(C(F)(F)F)cc2F)c(N2C(=O)c3ccccc3C2=O)cc1F. The van der Waals surface area contributed by atoms with Gasteiger partial charge in [-0.15, -0.1) is 0 Å². The molecule has 4 rings (SSSR count). The van der Waals surface area contributed by atoms with Crippen LogP contribution < -0.4 is 9.64 Å². The molecule has 32 heavy (non-hydrogen) atoms. The Hall–Kier alpha value is -3.82. The van der Waals surface area contributed by atoms with Crippen molar-refractivity contribution in [2.45, 2.75) is 13.1 Å². The number of rotatable bonds is 3. The van der Waals surface area contributed by atoms with E-state index in [9.17, 15) is 35.9 Å². The summed E-state index contributed by atoms with van der Waals surface area (Å²) in [5, 5.41) is 0. The molecule has 0 fully saturated rings. The van der Waals surface area contributed by atoms with Gasteiger partial charge in [0.05, 0.1) is 22.4 Å². The van der Waals surface area contributed by atoms with Crippen LogP contribution >= 0.6 is 0 Å². The Morgan fingerprint density at radius 2 is 1.34 bits per heavy atom. The molecule has 0 bridgehead atoms. The second-order valence-electron chi connectivity index (χ2n) is 6.93. The molecule has 3 aromatic carbocycles. The van der Waals surface area contributed by atoms with E-state index in [0.29, 0.717) is 4.90 Å². The van der Waals surface area contributed by atoms with Gasteiger partial charge in [-0.2, -0.15) is 13.2 Å². The van der Waals surface area contributed by atoms with Crippen LogP contribution in [0.2, 0.25) is 0 Å². The first-order valence-electron chi connectivity index (χ1n) is 9.01. The third-order valence-electron chi connectivity index (χ3n) is 4.81. The van der Waals surface area contributed by atoms with Crippen LogP contribution in [0.3, 0.4) is 0 Å². The lowest BCUT2D eigenvalue weighted by Crippen LogP contribution is -2.30. The van der Waals surface area contributed by atoms with Crippen LogP contribution in [0.1, 0.15) is 31.8 Å². The second-order valence-corrected chi connectivity index (χ2v) is 6.93. The van der Waals surface area contributed by atoms with E-state index in [1.54, 1.807) is 0 Å². The van der Waals surface area contributed by atoms with Crippen LogP contribution in [0.25, 0.3) is 0 Å². The van der Waals surface area contributed by atoms with Crippen molar-refractivity contribution >= 4 is 17.5 Å². The first-order valence-corrected chi connectivity index (χ1v) is 9.01. The largest absolute Gasteiger partial charge is 0.449 e. The lowest BCUT2D eigenvalue weighted by atomic mass is 10.1. The summed E-state index contributed by atoms with van der Waals surface area (Å²) < 4.78 is 86.4. The number of ether oxygens (including phenoxy) is 1. The molecule has 1 heterocycles. The highest BCUT2D eigenvalue weighted by Gasteiger charge is 2.39. The van der Waals surface area contributed by atoms with Gasteiger partial charge in [0.25, 0.3) is 11.8 Å². The maximum absolute atomic E-state index is 14.3. The highest BCUT2D eigenvalue weighted by atomic mass is 19.4. The molecule has 10 heteroatoms. The van der Waals surface area contributed by atoms with Gasteiger partial charge < -0.3 is 4.74 Å². The number of halogens is 6. The molecule has 164 valence electrons. The van der Waals surface area contributed by atoms with E-state index in [1.807, 2.05) is 0 Å². The van der Waals surface area contributed by atoms with Crippen LogP contribution in [-0.2, 0) is 6.18 Å². The molecule has 1 aliphatic heterocycles. The fourth-order valence-electron chi connectivity index (χ4n) is 3.24. The minimum absolute atomic E-state index is 0.0244. The zero-order valence-corrected chi connectivity index (χ0v) is 16.1. The van der Waals surface area contributed by atoms with Gasteiger partial charge >= 0.3 is 6.18 Å². The van der Waals surface area contributed by atoms with Gasteiger partial charge in [0.2, 0.25) is 0 Å². The number of benzene rings is 3.